The van der Waals surface area contributed by atoms with Crippen molar-refractivity contribution in [3.8, 4) is 5.75 Å². The van der Waals surface area contributed by atoms with E-state index in [1.807, 2.05) is 50.2 Å². The molecule has 0 radical (unpaired) electrons. The minimum Gasteiger partial charge on any atom is -0.507 e. The van der Waals surface area contributed by atoms with Crippen LogP contribution < -0.4 is 4.74 Å². The van der Waals surface area contributed by atoms with Gasteiger partial charge in [0, 0.05) is 16.6 Å². The van der Waals surface area contributed by atoms with Crippen LogP contribution in [0.25, 0.3) is 5.76 Å². The van der Waals surface area contributed by atoms with Gasteiger partial charge in [0.05, 0.1) is 11.6 Å². The minimum atomic E-state index is -0.671. The van der Waals surface area contributed by atoms with E-state index >= 15 is 0 Å². The fourth-order valence-corrected chi connectivity index (χ4v) is 4.19. The van der Waals surface area contributed by atoms with Crippen molar-refractivity contribution in [2.75, 3.05) is 33.8 Å². The molecule has 0 aromatic heterocycles. The van der Waals surface area contributed by atoms with Crippen LogP contribution in [0.2, 0.25) is 0 Å². The Labute approximate surface area is 203 Å². The largest absolute Gasteiger partial charge is 0.507 e. The van der Waals surface area contributed by atoms with E-state index in [0.29, 0.717) is 30.9 Å². The van der Waals surface area contributed by atoms with Gasteiger partial charge in [-0.25, -0.2) is 0 Å². The molecule has 33 heavy (non-hydrogen) atoms. The molecular formula is C26H29BrN2O4. The van der Waals surface area contributed by atoms with Gasteiger partial charge in [-0.05, 0) is 75.4 Å². The minimum absolute atomic E-state index is 0.103. The van der Waals surface area contributed by atoms with Crippen molar-refractivity contribution in [2.24, 2.45) is 0 Å². The maximum Gasteiger partial charge on any atom is 0.295 e. The van der Waals surface area contributed by atoms with Gasteiger partial charge >= 0.3 is 0 Å². The summed E-state index contributed by atoms with van der Waals surface area (Å²) in [7, 11) is 3.93. The van der Waals surface area contributed by atoms with Crippen molar-refractivity contribution in [3.05, 3.63) is 81.9 Å². The van der Waals surface area contributed by atoms with Crippen LogP contribution in [0.3, 0.4) is 0 Å². The number of aliphatic hydroxyl groups excluding tert-OH is 1. The van der Waals surface area contributed by atoms with Crippen LogP contribution in [0.4, 0.5) is 0 Å². The molecule has 1 amide bonds. The van der Waals surface area contributed by atoms with Gasteiger partial charge in [-0.3, -0.25) is 9.59 Å². The average molecular weight is 513 g/mol. The molecule has 1 heterocycles. The van der Waals surface area contributed by atoms with E-state index in [9.17, 15) is 14.7 Å². The molecule has 1 aliphatic heterocycles. The summed E-state index contributed by atoms with van der Waals surface area (Å²) in [5.74, 6) is -0.782. The Bertz CT molecular complexity index is 1080. The number of ketones is 1. The summed E-state index contributed by atoms with van der Waals surface area (Å²) >= 11 is 3.43. The number of rotatable bonds is 9. The zero-order valence-electron chi connectivity index (χ0n) is 19.2. The molecule has 6 nitrogen and oxygen atoms in total. The van der Waals surface area contributed by atoms with Crippen molar-refractivity contribution in [2.45, 2.75) is 19.4 Å². The number of aryl methyl sites for hydroxylation is 1. The number of halogens is 1. The van der Waals surface area contributed by atoms with Crippen LogP contribution in [-0.2, 0) is 9.59 Å². The van der Waals surface area contributed by atoms with Gasteiger partial charge in [-0.15, -0.1) is 0 Å². The molecule has 1 N–H and O–H groups in total. The number of carbonyl (C=O) groups excluding carboxylic acids is 2. The molecule has 174 valence electrons. The molecule has 1 saturated heterocycles. The number of nitrogens with zero attached hydrogens (tertiary/aromatic N) is 2. The molecule has 2 aromatic carbocycles. The summed E-state index contributed by atoms with van der Waals surface area (Å²) in [4.78, 5) is 29.7. The number of Topliss-reactive ketones (excluding diaryl/α,β-unsaturated/α-hetero) is 1. The molecule has 1 aliphatic rings. The molecule has 0 bridgehead atoms. The lowest BCUT2D eigenvalue weighted by molar-refractivity contribution is -0.139. The monoisotopic (exact) mass is 512 g/mol. The van der Waals surface area contributed by atoms with Crippen molar-refractivity contribution in [1.29, 1.82) is 0 Å². The number of hydrogen-bond acceptors (Lipinski definition) is 5. The molecule has 0 spiro atoms. The van der Waals surface area contributed by atoms with Crippen molar-refractivity contribution in [1.82, 2.24) is 9.80 Å². The first kappa shape index (κ1) is 24.7. The molecule has 1 atom stereocenters. The highest BCUT2D eigenvalue weighted by atomic mass is 79.9. The summed E-state index contributed by atoms with van der Waals surface area (Å²) in [5, 5.41) is 11.2. The maximum absolute atomic E-state index is 13.1. The number of aliphatic hydroxyl groups is 1. The second kappa shape index (κ2) is 10.8. The Hall–Kier alpha value is -2.90. The number of ether oxygens (including phenoxy) is 1. The number of likely N-dealkylation sites (tertiary alicyclic amines) is 1. The van der Waals surface area contributed by atoms with Crippen LogP contribution in [0.5, 0.6) is 5.75 Å². The molecule has 7 heteroatoms. The summed E-state index contributed by atoms with van der Waals surface area (Å²) in [6, 6.07) is 12.0. The lowest BCUT2D eigenvalue weighted by atomic mass is 9.95. The number of amides is 1. The van der Waals surface area contributed by atoms with E-state index in [1.165, 1.54) is 0 Å². The third-order valence-corrected chi connectivity index (χ3v) is 6.06. The first-order chi connectivity index (χ1) is 15.7. The highest BCUT2D eigenvalue weighted by Crippen LogP contribution is 2.40. The third-order valence-electron chi connectivity index (χ3n) is 5.54. The number of benzene rings is 2. The van der Waals surface area contributed by atoms with Crippen LogP contribution >= 0.6 is 15.9 Å². The summed E-state index contributed by atoms with van der Waals surface area (Å²) in [6.45, 7) is 7.07. The van der Waals surface area contributed by atoms with Gasteiger partial charge in [-0.1, -0.05) is 40.7 Å². The van der Waals surface area contributed by atoms with Gasteiger partial charge in [0.25, 0.3) is 11.7 Å². The Morgan fingerprint density at radius 2 is 1.91 bits per heavy atom. The average Bonchev–Trinajstić information content (AvgIpc) is 3.03. The fraction of sp³-hybridized carbons (Fsp3) is 0.308. The van der Waals surface area contributed by atoms with Crippen molar-refractivity contribution in [3.63, 3.8) is 0 Å². The number of carbonyl (C=O) groups is 2. The smallest absolute Gasteiger partial charge is 0.295 e. The molecule has 1 fully saturated rings. The van der Waals surface area contributed by atoms with E-state index in [2.05, 4.69) is 22.5 Å². The van der Waals surface area contributed by atoms with E-state index in [1.54, 1.807) is 29.2 Å². The van der Waals surface area contributed by atoms with Crippen molar-refractivity contribution >= 4 is 33.4 Å². The molecule has 2 aromatic rings. The Morgan fingerprint density at radius 3 is 2.52 bits per heavy atom. The third kappa shape index (κ3) is 5.54. The summed E-state index contributed by atoms with van der Waals surface area (Å²) in [5.41, 5.74) is 2.14. The lowest BCUT2D eigenvalue weighted by Crippen LogP contribution is -2.32. The summed E-state index contributed by atoms with van der Waals surface area (Å²) in [6.07, 6.45) is 2.37. The van der Waals surface area contributed by atoms with E-state index in [4.69, 9.17) is 4.74 Å². The first-order valence-electron chi connectivity index (χ1n) is 10.8. The Balaban J connectivity index is 2.06. The van der Waals surface area contributed by atoms with Gasteiger partial charge in [-0.2, -0.15) is 0 Å². The fourth-order valence-electron chi connectivity index (χ4n) is 3.92. The topological polar surface area (TPSA) is 70.1 Å². The van der Waals surface area contributed by atoms with Crippen LogP contribution in [-0.4, -0.2) is 60.4 Å². The Morgan fingerprint density at radius 1 is 1.21 bits per heavy atom. The predicted molar refractivity (Wildman–Crippen MR) is 133 cm³/mol. The normalized spacial score (nSPS) is 17.6. The van der Waals surface area contributed by atoms with E-state index in [0.717, 1.165) is 22.1 Å². The van der Waals surface area contributed by atoms with Gasteiger partial charge in [0.1, 0.15) is 18.1 Å². The molecule has 0 unspecified atom stereocenters. The number of hydrogen-bond donors (Lipinski definition) is 1. The molecule has 3 rings (SSSR count). The molecular weight excluding hydrogens is 484 g/mol. The van der Waals surface area contributed by atoms with Gasteiger partial charge < -0.3 is 19.6 Å². The second-order valence-corrected chi connectivity index (χ2v) is 9.20. The standard InChI is InChI=1S/C26H29BrN2O4/c1-5-15-33-21-12-9-19(16-17(21)2)24(30)22-23(18-7-10-20(27)11-8-18)29(26(32)25(22)31)14-6-13-28(3)4/h5,7-12,16,23,30H,1,6,13-15H2,2-4H3/t23-/m0/s1. The van der Waals surface area contributed by atoms with Gasteiger partial charge in [0.2, 0.25) is 0 Å². The SMILES string of the molecule is C=CCOc1ccc(C(O)=C2C(=O)C(=O)N(CCCN(C)C)[C@H]2c2ccc(Br)cc2)cc1C. The Kier molecular flexibility index (Phi) is 8.10. The van der Waals surface area contributed by atoms with Crippen LogP contribution in [0.1, 0.15) is 29.2 Å². The van der Waals surface area contributed by atoms with E-state index < -0.39 is 17.7 Å². The highest BCUT2D eigenvalue weighted by Gasteiger charge is 2.45. The van der Waals surface area contributed by atoms with Crippen LogP contribution in [0.15, 0.2) is 65.2 Å². The molecule has 0 saturated carbocycles. The van der Waals surface area contributed by atoms with Crippen molar-refractivity contribution < 1.29 is 19.4 Å². The summed E-state index contributed by atoms with van der Waals surface area (Å²) < 4.78 is 6.50. The zero-order valence-corrected chi connectivity index (χ0v) is 20.8. The second-order valence-electron chi connectivity index (χ2n) is 8.28. The quantitative estimate of drug-likeness (QED) is 0.228. The maximum atomic E-state index is 13.1. The van der Waals surface area contributed by atoms with Gasteiger partial charge in [0.15, 0.2) is 0 Å². The molecule has 0 aliphatic carbocycles. The first-order valence-corrected chi connectivity index (χ1v) is 11.6. The predicted octanol–water partition coefficient (Wildman–Crippen LogP) is 4.70. The highest BCUT2D eigenvalue weighted by molar-refractivity contribution is 9.10. The van der Waals surface area contributed by atoms with E-state index in [-0.39, 0.29) is 11.3 Å². The lowest BCUT2D eigenvalue weighted by Gasteiger charge is -2.26. The zero-order chi connectivity index (χ0) is 24.1. The van der Waals surface area contributed by atoms with Crippen LogP contribution in [0, 0.1) is 6.92 Å².